The second-order valence-electron chi connectivity index (χ2n) is 13.4. The van der Waals surface area contributed by atoms with Gasteiger partial charge in [0.2, 0.25) is 5.91 Å². The second kappa shape index (κ2) is 12.8. The number of carbonyl (C=O) groups is 3. The topological polar surface area (TPSA) is 131 Å². The molecule has 6 rings (SSSR count). The molecule has 240 valence electrons. The summed E-state index contributed by atoms with van der Waals surface area (Å²) in [6.07, 6.45) is 4.27. The quantitative estimate of drug-likeness (QED) is 0.294. The highest BCUT2D eigenvalue weighted by molar-refractivity contribution is 6.06. The van der Waals surface area contributed by atoms with Crippen molar-refractivity contribution in [3.63, 3.8) is 0 Å². The Morgan fingerprint density at radius 3 is 2.49 bits per heavy atom. The van der Waals surface area contributed by atoms with E-state index in [9.17, 15) is 18.8 Å². The predicted octanol–water partition coefficient (Wildman–Crippen LogP) is 4.51. The van der Waals surface area contributed by atoms with Gasteiger partial charge in [-0.2, -0.15) is 0 Å². The van der Waals surface area contributed by atoms with Gasteiger partial charge in [-0.05, 0) is 73.4 Å². The standard InChI is InChI=1S/C34H43FN6O4/c1-34(2)19-29-31(26-10-4-22(35)18-28(26)41(29)30(42)20-34)21-3-9-25(32(36)43)27(17-21)38-23-5-7-24(8-6-23)39-33(44)37-11-12-40-13-15-45-16-14-40/h3-4,9-10,17-18,23-24,38H,5-8,11-16,19-20H2,1-2H3,(H2,36,43)(H2,37,39,44). The summed E-state index contributed by atoms with van der Waals surface area (Å²) in [7, 11) is 0. The Hall–Kier alpha value is -3.96. The Morgan fingerprint density at radius 1 is 1.02 bits per heavy atom. The summed E-state index contributed by atoms with van der Waals surface area (Å²) < 4.78 is 21.4. The Morgan fingerprint density at radius 2 is 1.76 bits per heavy atom. The number of rotatable bonds is 8. The van der Waals surface area contributed by atoms with Crippen molar-refractivity contribution in [3.05, 3.63) is 53.5 Å². The molecule has 1 aliphatic carbocycles. The van der Waals surface area contributed by atoms with Gasteiger partial charge in [-0.3, -0.25) is 19.1 Å². The first-order chi connectivity index (χ1) is 21.6. The van der Waals surface area contributed by atoms with Crippen molar-refractivity contribution in [1.29, 1.82) is 0 Å². The molecule has 2 aliphatic heterocycles. The van der Waals surface area contributed by atoms with E-state index in [1.807, 2.05) is 12.1 Å². The molecule has 3 amide bonds. The van der Waals surface area contributed by atoms with Gasteiger partial charge in [0.05, 0.1) is 24.3 Å². The molecular formula is C34H43FN6O4. The normalized spacial score (nSPS) is 21.7. The maximum absolute atomic E-state index is 14.4. The summed E-state index contributed by atoms with van der Waals surface area (Å²) in [5, 5.41) is 10.4. The Kier molecular flexibility index (Phi) is 8.83. The summed E-state index contributed by atoms with van der Waals surface area (Å²) >= 11 is 0. The van der Waals surface area contributed by atoms with Crippen LogP contribution in [0, 0.1) is 11.2 Å². The van der Waals surface area contributed by atoms with Gasteiger partial charge in [-0.1, -0.05) is 19.9 Å². The van der Waals surface area contributed by atoms with Crippen LogP contribution in [0.15, 0.2) is 36.4 Å². The van der Waals surface area contributed by atoms with Crippen LogP contribution in [0.25, 0.3) is 22.0 Å². The van der Waals surface area contributed by atoms with Crippen LogP contribution in [-0.4, -0.2) is 78.8 Å². The Balaban J connectivity index is 1.16. The molecule has 1 aromatic heterocycles. The fraction of sp³-hybridized carbons (Fsp3) is 0.500. The minimum Gasteiger partial charge on any atom is -0.382 e. The number of nitrogens with zero attached hydrogens (tertiary/aromatic N) is 2. The van der Waals surface area contributed by atoms with E-state index in [2.05, 4.69) is 34.7 Å². The van der Waals surface area contributed by atoms with Gasteiger partial charge in [0.15, 0.2) is 0 Å². The van der Waals surface area contributed by atoms with E-state index in [0.29, 0.717) is 36.2 Å². The first kappa shape index (κ1) is 31.0. The van der Waals surface area contributed by atoms with Gasteiger partial charge < -0.3 is 26.4 Å². The third kappa shape index (κ3) is 6.84. The van der Waals surface area contributed by atoms with Crippen LogP contribution in [0.3, 0.4) is 0 Å². The van der Waals surface area contributed by atoms with Crippen LogP contribution in [0.4, 0.5) is 14.9 Å². The third-order valence-corrected chi connectivity index (χ3v) is 9.37. The largest absolute Gasteiger partial charge is 0.382 e. The van der Waals surface area contributed by atoms with Gasteiger partial charge in [-0.15, -0.1) is 0 Å². The lowest BCUT2D eigenvalue weighted by Gasteiger charge is -2.31. The Labute approximate surface area is 262 Å². The molecule has 0 unspecified atom stereocenters. The highest BCUT2D eigenvalue weighted by Crippen LogP contribution is 2.43. The number of aromatic nitrogens is 1. The number of carbonyl (C=O) groups excluding carboxylic acids is 3. The van der Waals surface area contributed by atoms with Crippen LogP contribution in [0.5, 0.6) is 0 Å². The summed E-state index contributed by atoms with van der Waals surface area (Å²) in [6.45, 7) is 8.80. The number of hydrogen-bond donors (Lipinski definition) is 4. The van der Waals surface area contributed by atoms with E-state index in [4.69, 9.17) is 10.5 Å². The molecular weight excluding hydrogens is 575 g/mol. The maximum Gasteiger partial charge on any atom is 0.315 e. The molecule has 1 saturated heterocycles. The van der Waals surface area contributed by atoms with Gasteiger partial charge in [0, 0.05) is 67.0 Å². The number of ether oxygens (including phenoxy) is 1. The molecule has 10 nitrogen and oxygen atoms in total. The van der Waals surface area contributed by atoms with E-state index in [1.165, 1.54) is 12.1 Å². The van der Waals surface area contributed by atoms with Gasteiger partial charge in [0.25, 0.3) is 5.91 Å². The van der Waals surface area contributed by atoms with Crippen molar-refractivity contribution >= 4 is 34.4 Å². The minimum absolute atomic E-state index is 0.0497. The molecule has 0 radical (unpaired) electrons. The lowest BCUT2D eigenvalue weighted by Crippen LogP contribution is -2.47. The number of urea groups is 1. The SMILES string of the molecule is CC1(C)CC(=O)n2c(c(-c3ccc(C(N)=O)c(NC4CCC(NC(=O)NCCN5CCOCC5)CC4)c3)c3ccc(F)cc32)C1. The number of hydrogen-bond acceptors (Lipinski definition) is 6. The van der Waals surface area contributed by atoms with Crippen LogP contribution in [0.1, 0.15) is 66.8 Å². The van der Waals surface area contributed by atoms with Crippen LogP contribution >= 0.6 is 0 Å². The minimum atomic E-state index is -0.532. The second-order valence-corrected chi connectivity index (χ2v) is 13.4. The van der Waals surface area contributed by atoms with Crippen molar-refractivity contribution in [1.82, 2.24) is 20.1 Å². The van der Waals surface area contributed by atoms with Crippen LogP contribution < -0.4 is 21.7 Å². The molecule has 0 spiro atoms. The molecule has 0 bridgehead atoms. The summed E-state index contributed by atoms with van der Waals surface area (Å²) in [4.78, 5) is 40.5. The van der Waals surface area contributed by atoms with Gasteiger partial charge in [-0.25, -0.2) is 9.18 Å². The average molecular weight is 619 g/mol. The molecule has 0 atom stereocenters. The molecule has 3 heterocycles. The number of primary amides is 1. The molecule has 1 saturated carbocycles. The Bertz CT molecular complexity index is 1600. The van der Waals surface area contributed by atoms with Crippen molar-refractivity contribution in [3.8, 4) is 11.1 Å². The zero-order valence-corrected chi connectivity index (χ0v) is 26.1. The molecule has 11 heteroatoms. The first-order valence-electron chi connectivity index (χ1n) is 16.0. The lowest BCUT2D eigenvalue weighted by molar-refractivity contribution is 0.0387. The molecule has 5 N–H and O–H groups in total. The van der Waals surface area contributed by atoms with Crippen molar-refractivity contribution < 1.29 is 23.5 Å². The summed E-state index contributed by atoms with van der Waals surface area (Å²) in [5.41, 5.74) is 9.69. The number of nitrogens with one attached hydrogen (secondary N) is 3. The van der Waals surface area contributed by atoms with Crippen LogP contribution in [0.2, 0.25) is 0 Å². The van der Waals surface area contributed by atoms with Crippen molar-refractivity contribution in [2.24, 2.45) is 11.1 Å². The number of nitrogens with two attached hydrogens (primary N) is 1. The number of halogens is 1. The average Bonchev–Trinajstić information content (AvgIpc) is 3.30. The van der Waals surface area contributed by atoms with Gasteiger partial charge in [0.1, 0.15) is 5.82 Å². The van der Waals surface area contributed by atoms with E-state index < -0.39 is 11.7 Å². The fourth-order valence-electron chi connectivity index (χ4n) is 7.12. The number of anilines is 1. The number of fused-ring (bicyclic) bond motifs is 3. The smallest absolute Gasteiger partial charge is 0.315 e. The zero-order chi connectivity index (χ0) is 31.7. The number of amides is 3. The number of benzene rings is 2. The van der Waals surface area contributed by atoms with Crippen molar-refractivity contribution in [2.45, 2.75) is 64.5 Å². The summed E-state index contributed by atoms with van der Waals surface area (Å²) in [5.74, 6) is -0.976. The summed E-state index contributed by atoms with van der Waals surface area (Å²) in [6, 6.07) is 10.1. The van der Waals surface area contributed by atoms with Gasteiger partial charge >= 0.3 is 6.03 Å². The molecule has 45 heavy (non-hydrogen) atoms. The lowest BCUT2D eigenvalue weighted by atomic mass is 9.80. The van der Waals surface area contributed by atoms with Crippen molar-refractivity contribution in [2.75, 3.05) is 44.7 Å². The first-order valence-corrected chi connectivity index (χ1v) is 16.0. The molecule has 2 fully saturated rings. The van der Waals surface area contributed by atoms with E-state index in [-0.39, 0.29) is 29.4 Å². The molecule has 3 aromatic rings. The highest BCUT2D eigenvalue weighted by Gasteiger charge is 2.35. The van der Waals surface area contributed by atoms with E-state index in [0.717, 1.165) is 80.7 Å². The number of morpholine rings is 1. The fourth-order valence-corrected chi connectivity index (χ4v) is 7.12. The molecule has 2 aromatic carbocycles. The van der Waals surface area contributed by atoms with E-state index in [1.54, 1.807) is 16.7 Å². The van der Waals surface area contributed by atoms with E-state index >= 15 is 0 Å². The van der Waals surface area contributed by atoms with Crippen LogP contribution in [-0.2, 0) is 11.2 Å². The third-order valence-electron chi connectivity index (χ3n) is 9.37. The maximum atomic E-state index is 14.4. The monoisotopic (exact) mass is 618 g/mol. The highest BCUT2D eigenvalue weighted by atomic mass is 19.1. The zero-order valence-electron chi connectivity index (χ0n) is 26.1. The predicted molar refractivity (Wildman–Crippen MR) is 172 cm³/mol. The molecule has 3 aliphatic rings.